The molecule has 4 rings (SSSR count). The third kappa shape index (κ3) is 3.27. The van der Waals surface area contributed by atoms with Crippen LogP contribution in [0.25, 0.3) is 0 Å². The molecule has 0 saturated carbocycles. The lowest BCUT2D eigenvalue weighted by molar-refractivity contribution is -0.120. The summed E-state index contributed by atoms with van der Waals surface area (Å²) in [6.07, 6.45) is 1.51. The zero-order valence-electron chi connectivity index (χ0n) is 15.5. The predicted octanol–water partition coefficient (Wildman–Crippen LogP) is 2.04. The quantitative estimate of drug-likeness (QED) is 0.916. The van der Waals surface area contributed by atoms with Crippen LogP contribution >= 0.6 is 0 Å². The molecule has 26 heavy (non-hydrogen) atoms. The topological polar surface area (TPSA) is 61.6 Å². The van der Waals surface area contributed by atoms with Gasteiger partial charge in [0.1, 0.15) is 0 Å². The third-order valence-electron chi connectivity index (χ3n) is 5.34. The van der Waals surface area contributed by atoms with Gasteiger partial charge in [-0.1, -0.05) is 17.7 Å². The summed E-state index contributed by atoms with van der Waals surface area (Å²) in [5.74, 6) is 0.165. The smallest absolute Gasteiger partial charge is 0.241 e. The van der Waals surface area contributed by atoms with E-state index in [1.54, 1.807) is 6.92 Å². The van der Waals surface area contributed by atoms with Gasteiger partial charge in [0.05, 0.1) is 30.6 Å². The van der Waals surface area contributed by atoms with Crippen molar-refractivity contribution in [3.63, 3.8) is 0 Å². The van der Waals surface area contributed by atoms with E-state index in [2.05, 4.69) is 35.1 Å². The van der Waals surface area contributed by atoms with E-state index in [1.807, 2.05) is 15.6 Å². The summed E-state index contributed by atoms with van der Waals surface area (Å²) in [5, 5.41) is 14.2. The van der Waals surface area contributed by atoms with Gasteiger partial charge in [0.2, 0.25) is 5.91 Å². The normalized spacial score (nSPS) is 18.3. The van der Waals surface area contributed by atoms with E-state index < -0.39 is 6.10 Å². The summed E-state index contributed by atoms with van der Waals surface area (Å²) in [6.45, 7) is 7.29. The number of hydrogen-bond donors (Lipinski definition) is 1. The number of aliphatic hydroxyl groups is 1. The molecule has 6 nitrogen and oxygen atoms in total. The molecule has 0 fully saturated rings. The maximum atomic E-state index is 13.0. The number of hydrogen-bond acceptors (Lipinski definition) is 4. The Morgan fingerprint density at radius 1 is 1.27 bits per heavy atom. The monoisotopic (exact) mass is 354 g/mol. The first-order chi connectivity index (χ1) is 12.5. The minimum absolute atomic E-state index is 0.165. The molecule has 0 radical (unpaired) electrons. The highest BCUT2D eigenvalue weighted by Gasteiger charge is 2.26. The standard InChI is InChI=1S/C20H26N4O2/c1-14-5-6-19-16(10-14)4-3-7-23(19)20(26)13-22-8-9-24-17(12-22)11-18(21-24)15(2)25/h5-6,10-11,15,25H,3-4,7-9,12-13H2,1-2H3. The van der Waals surface area contributed by atoms with Crippen molar-refractivity contribution < 1.29 is 9.90 Å². The van der Waals surface area contributed by atoms with E-state index in [9.17, 15) is 9.90 Å². The Morgan fingerprint density at radius 3 is 2.92 bits per heavy atom. The average Bonchev–Trinajstić information content (AvgIpc) is 3.04. The molecular weight excluding hydrogens is 328 g/mol. The van der Waals surface area contributed by atoms with E-state index in [0.29, 0.717) is 18.8 Å². The fraction of sp³-hybridized carbons (Fsp3) is 0.500. The summed E-state index contributed by atoms with van der Waals surface area (Å²) in [5.41, 5.74) is 5.37. The average molecular weight is 354 g/mol. The van der Waals surface area contributed by atoms with Crippen LogP contribution in [0, 0.1) is 6.92 Å². The first-order valence-electron chi connectivity index (χ1n) is 9.38. The molecule has 0 spiro atoms. The summed E-state index contributed by atoms with van der Waals surface area (Å²) in [6, 6.07) is 8.31. The first kappa shape index (κ1) is 17.2. The molecule has 1 N–H and O–H groups in total. The molecule has 0 saturated heterocycles. The van der Waals surface area contributed by atoms with Gasteiger partial charge in [-0.25, -0.2) is 0 Å². The first-order valence-corrected chi connectivity index (χ1v) is 9.38. The van der Waals surface area contributed by atoms with Gasteiger partial charge in [-0.15, -0.1) is 0 Å². The van der Waals surface area contributed by atoms with Crippen molar-refractivity contribution in [2.75, 3.05) is 24.5 Å². The Morgan fingerprint density at radius 2 is 2.12 bits per heavy atom. The second-order valence-corrected chi connectivity index (χ2v) is 7.45. The summed E-state index contributed by atoms with van der Waals surface area (Å²) in [4.78, 5) is 17.1. The Labute approximate surface area is 154 Å². The number of anilines is 1. The maximum absolute atomic E-state index is 13.0. The summed E-state index contributed by atoms with van der Waals surface area (Å²) >= 11 is 0. The Hall–Kier alpha value is -2.18. The zero-order chi connectivity index (χ0) is 18.3. The number of aryl methyl sites for hydroxylation is 2. The lowest BCUT2D eigenvalue weighted by atomic mass is 9.99. The van der Waals surface area contributed by atoms with Gasteiger partial charge < -0.3 is 10.0 Å². The fourth-order valence-electron chi connectivity index (χ4n) is 3.94. The van der Waals surface area contributed by atoms with Crippen molar-refractivity contribution in [3.05, 3.63) is 46.8 Å². The second kappa shape index (κ2) is 6.85. The Bertz CT molecular complexity index is 827. The minimum Gasteiger partial charge on any atom is -0.387 e. The van der Waals surface area contributed by atoms with Crippen molar-refractivity contribution in [1.29, 1.82) is 0 Å². The Balaban J connectivity index is 1.46. The number of amides is 1. The fourth-order valence-corrected chi connectivity index (χ4v) is 3.94. The second-order valence-electron chi connectivity index (χ2n) is 7.45. The highest BCUT2D eigenvalue weighted by atomic mass is 16.3. The van der Waals surface area contributed by atoms with E-state index >= 15 is 0 Å². The number of carbonyl (C=O) groups is 1. The number of carbonyl (C=O) groups excluding carboxylic acids is 1. The predicted molar refractivity (Wildman–Crippen MR) is 100.0 cm³/mol. The number of aliphatic hydroxyl groups excluding tert-OH is 1. The van der Waals surface area contributed by atoms with Crippen LogP contribution in [0.3, 0.4) is 0 Å². The number of benzene rings is 1. The lowest BCUT2D eigenvalue weighted by Gasteiger charge is -2.33. The van der Waals surface area contributed by atoms with Gasteiger partial charge in [0, 0.05) is 25.3 Å². The van der Waals surface area contributed by atoms with Gasteiger partial charge in [-0.05, 0) is 44.4 Å². The van der Waals surface area contributed by atoms with Crippen molar-refractivity contribution in [3.8, 4) is 0 Å². The molecule has 2 aliphatic heterocycles. The molecule has 2 aromatic rings. The van der Waals surface area contributed by atoms with Gasteiger partial charge in [0.15, 0.2) is 0 Å². The number of aromatic nitrogens is 2. The van der Waals surface area contributed by atoms with Crippen LogP contribution in [-0.4, -0.2) is 45.3 Å². The van der Waals surface area contributed by atoms with Crippen LogP contribution in [-0.2, 0) is 24.3 Å². The number of fused-ring (bicyclic) bond motifs is 2. The van der Waals surface area contributed by atoms with Crippen molar-refractivity contribution in [2.45, 2.75) is 45.9 Å². The van der Waals surface area contributed by atoms with Crippen molar-refractivity contribution in [1.82, 2.24) is 14.7 Å². The van der Waals surface area contributed by atoms with Crippen LogP contribution in [0.15, 0.2) is 24.3 Å². The minimum atomic E-state index is -0.559. The van der Waals surface area contributed by atoms with Crippen molar-refractivity contribution in [2.24, 2.45) is 0 Å². The molecule has 1 atom stereocenters. The van der Waals surface area contributed by atoms with E-state index in [-0.39, 0.29) is 5.91 Å². The molecule has 0 aliphatic carbocycles. The number of nitrogens with zero attached hydrogens (tertiary/aromatic N) is 4. The molecule has 6 heteroatoms. The van der Waals surface area contributed by atoms with Crippen LogP contribution in [0.5, 0.6) is 0 Å². The molecule has 0 bridgehead atoms. The molecule has 1 unspecified atom stereocenters. The highest BCUT2D eigenvalue weighted by molar-refractivity contribution is 5.96. The number of rotatable bonds is 3. The molecular formula is C20H26N4O2. The molecule has 1 aromatic heterocycles. The summed E-state index contributed by atoms with van der Waals surface area (Å²) < 4.78 is 1.95. The van der Waals surface area contributed by atoms with Gasteiger partial charge in [0.25, 0.3) is 0 Å². The van der Waals surface area contributed by atoms with Crippen molar-refractivity contribution >= 4 is 11.6 Å². The van der Waals surface area contributed by atoms with Crippen LogP contribution in [0.4, 0.5) is 5.69 Å². The third-order valence-corrected chi connectivity index (χ3v) is 5.34. The van der Waals surface area contributed by atoms with E-state index in [4.69, 9.17) is 0 Å². The molecule has 1 amide bonds. The van der Waals surface area contributed by atoms with Gasteiger partial charge in [-0.3, -0.25) is 14.4 Å². The zero-order valence-corrected chi connectivity index (χ0v) is 15.5. The maximum Gasteiger partial charge on any atom is 0.241 e. The lowest BCUT2D eigenvalue weighted by Crippen LogP contribution is -2.45. The van der Waals surface area contributed by atoms with Gasteiger partial charge >= 0.3 is 0 Å². The largest absolute Gasteiger partial charge is 0.387 e. The molecule has 3 heterocycles. The molecule has 138 valence electrons. The van der Waals surface area contributed by atoms with E-state index in [1.165, 1.54) is 11.1 Å². The van der Waals surface area contributed by atoms with Gasteiger partial charge in [-0.2, -0.15) is 5.10 Å². The van der Waals surface area contributed by atoms with E-state index in [0.717, 1.165) is 43.9 Å². The molecule has 2 aliphatic rings. The Kier molecular flexibility index (Phi) is 4.54. The molecule has 1 aromatic carbocycles. The van der Waals surface area contributed by atoms with Crippen LogP contribution in [0.1, 0.15) is 42.0 Å². The highest BCUT2D eigenvalue weighted by Crippen LogP contribution is 2.28. The van der Waals surface area contributed by atoms with Crippen LogP contribution < -0.4 is 4.90 Å². The SMILES string of the molecule is Cc1ccc2c(c1)CCCN2C(=O)CN1CCn2nc(C(C)O)cc2C1. The van der Waals surface area contributed by atoms with Crippen LogP contribution in [0.2, 0.25) is 0 Å². The summed E-state index contributed by atoms with van der Waals surface area (Å²) in [7, 11) is 0.